The first-order valence-electron chi connectivity index (χ1n) is 6.88. The number of amides is 1. The molecule has 0 bridgehead atoms. The molecule has 4 nitrogen and oxygen atoms in total. The van der Waals surface area contributed by atoms with Crippen LogP contribution in [0.4, 0.5) is 0 Å². The molecule has 0 radical (unpaired) electrons. The van der Waals surface area contributed by atoms with Gasteiger partial charge in [-0.1, -0.05) is 30.3 Å². The minimum Gasteiger partial charge on any atom is -0.348 e. The van der Waals surface area contributed by atoms with Gasteiger partial charge < -0.3 is 10.2 Å². The number of rotatable bonds is 4. The van der Waals surface area contributed by atoms with Crippen molar-refractivity contribution in [3.05, 3.63) is 35.9 Å². The summed E-state index contributed by atoms with van der Waals surface area (Å²) in [5, 5.41) is 3.06. The summed E-state index contributed by atoms with van der Waals surface area (Å²) in [6.07, 6.45) is 0. The van der Waals surface area contributed by atoms with Crippen molar-refractivity contribution in [1.29, 1.82) is 0 Å². The number of hydrogen-bond acceptors (Lipinski definition) is 3. The minimum atomic E-state index is 0.0305. The molecule has 19 heavy (non-hydrogen) atoms. The van der Waals surface area contributed by atoms with Crippen LogP contribution in [0.15, 0.2) is 30.3 Å². The maximum absolute atomic E-state index is 11.4. The highest BCUT2D eigenvalue weighted by Crippen LogP contribution is 2.15. The monoisotopic (exact) mass is 261 g/mol. The third-order valence-corrected chi connectivity index (χ3v) is 3.62. The fraction of sp³-hybridized carbons (Fsp3) is 0.533. The maximum Gasteiger partial charge on any atom is 0.217 e. The Balaban J connectivity index is 2.00. The molecule has 1 amide bonds. The van der Waals surface area contributed by atoms with Crippen LogP contribution in [0.3, 0.4) is 0 Å². The zero-order valence-electron chi connectivity index (χ0n) is 11.8. The van der Waals surface area contributed by atoms with E-state index in [1.807, 2.05) is 18.2 Å². The number of nitrogens with zero attached hydrogens (tertiary/aromatic N) is 2. The first-order chi connectivity index (χ1) is 9.15. The van der Waals surface area contributed by atoms with Gasteiger partial charge in [0.25, 0.3) is 0 Å². The standard InChI is InChI=1S/C15H23N3O/c1-13(19)16-15(14-6-4-3-5-7-14)12-18-10-8-17(2)9-11-18/h3-7,15H,8-12H2,1-2H3,(H,16,19)/t15-/m1/s1. The molecule has 4 heteroatoms. The molecule has 1 aromatic rings. The molecule has 1 atom stereocenters. The van der Waals surface area contributed by atoms with Gasteiger partial charge >= 0.3 is 0 Å². The Bertz CT molecular complexity index is 399. The smallest absolute Gasteiger partial charge is 0.217 e. The van der Waals surface area contributed by atoms with Crippen molar-refractivity contribution in [2.24, 2.45) is 0 Å². The lowest BCUT2D eigenvalue weighted by Gasteiger charge is -2.34. The average molecular weight is 261 g/mol. The summed E-state index contributed by atoms with van der Waals surface area (Å²) in [6, 6.07) is 10.3. The van der Waals surface area contributed by atoms with Gasteiger partial charge in [-0.15, -0.1) is 0 Å². The van der Waals surface area contributed by atoms with Gasteiger partial charge in [-0.25, -0.2) is 0 Å². The summed E-state index contributed by atoms with van der Waals surface area (Å²) < 4.78 is 0. The Labute approximate surface area is 115 Å². The number of carbonyl (C=O) groups excluding carboxylic acids is 1. The van der Waals surface area contributed by atoms with Crippen molar-refractivity contribution in [2.45, 2.75) is 13.0 Å². The third-order valence-electron chi connectivity index (χ3n) is 3.62. The van der Waals surface area contributed by atoms with Gasteiger partial charge in [0.1, 0.15) is 0 Å². The number of piperazine rings is 1. The van der Waals surface area contributed by atoms with Crippen LogP contribution in [0.2, 0.25) is 0 Å². The Morgan fingerprint density at radius 3 is 2.42 bits per heavy atom. The topological polar surface area (TPSA) is 35.6 Å². The van der Waals surface area contributed by atoms with Gasteiger partial charge in [0.2, 0.25) is 5.91 Å². The van der Waals surface area contributed by atoms with E-state index >= 15 is 0 Å². The quantitative estimate of drug-likeness (QED) is 0.882. The van der Waals surface area contributed by atoms with Crippen LogP contribution in [0.25, 0.3) is 0 Å². The van der Waals surface area contributed by atoms with Gasteiger partial charge in [-0.3, -0.25) is 9.69 Å². The summed E-state index contributed by atoms with van der Waals surface area (Å²) in [7, 11) is 2.15. The first-order valence-corrected chi connectivity index (χ1v) is 6.88. The van der Waals surface area contributed by atoms with Crippen LogP contribution in [-0.2, 0) is 4.79 Å². The molecular weight excluding hydrogens is 238 g/mol. The molecule has 0 spiro atoms. The highest BCUT2D eigenvalue weighted by Gasteiger charge is 2.20. The molecule has 1 N–H and O–H groups in total. The van der Waals surface area contributed by atoms with Crippen molar-refractivity contribution in [1.82, 2.24) is 15.1 Å². The summed E-state index contributed by atoms with van der Waals surface area (Å²) in [5.41, 5.74) is 1.18. The number of nitrogens with one attached hydrogen (secondary N) is 1. The molecule has 0 aromatic heterocycles. The molecule has 0 unspecified atom stereocenters. The first kappa shape index (κ1) is 14.0. The van der Waals surface area contributed by atoms with E-state index in [4.69, 9.17) is 0 Å². The summed E-state index contributed by atoms with van der Waals surface area (Å²) in [6.45, 7) is 6.80. The van der Waals surface area contributed by atoms with Crippen molar-refractivity contribution in [3.8, 4) is 0 Å². The Morgan fingerprint density at radius 2 is 1.84 bits per heavy atom. The van der Waals surface area contributed by atoms with Crippen LogP contribution < -0.4 is 5.32 Å². The fourth-order valence-corrected chi connectivity index (χ4v) is 2.45. The molecular formula is C15H23N3O. The molecule has 1 fully saturated rings. The molecule has 0 aliphatic carbocycles. The molecule has 2 rings (SSSR count). The van der Waals surface area contributed by atoms with Gasteiger partial charge in [-0.05, 0) is 12.6 Å². The summed E-state index contributed by atoms with van der Waals surface area (Å²) in [4.78, 5) is 16.1. The van der Waals surface area contributed by atoms with Crippen molar-refractivity contribution in [3.63, 3.8) is 0 Å². The second-order valence-electron chi connectivity index (χ2n) is 5.27. The summed E-state index contributed by atoms with van der Waals surface area (Å²) >= 11 is 0. The Kier molecular flexibility index (Phi) is 4.93. The molecule has 1 saturated heterocycles. The second-order valence-corrected chi connectivity index (χ2v) is 5.27. The molecule has 0 saturated carbocycles. The maximum atomic E-state index is 11.4. The summed E-state index contributed by atoms with van der Waals surface area (Å²) in [5.74, 6) is 0.0305. The van der Waals surface area contributed by atoms with E-state index in [1.54, 1.807) is 6.92 Å². The lowest BCUT2D eigenvalue weighted by Crippen LogP contribution is -2.47. The highest BCUT2D eigenvalue weighted by atomic mass is 16.1. The fourth-order valence-electron chi connectivity index (χ4n) is 2.45. The van der Waals surface area contributed by atoms with E-state index in [2.05, 4.69) is 34.3 Å². The number of carbonyl (C=O) groups is 1. The lowest BCUT2D eigenvalue weighted by molar-refractivity contribution is -0.119. The van der Waals surface area contributed by atoms with Crippen LogP contribution in [-0.4, -0.2) is 55.5 Å². The average Bonchev–Trinajstić information content (AvgIpc) is 2.41. The largest absolute Gasteiger partial charge is 0.348 e. The van der Waals surface area contributed by atoms with Crippen LogP contribution in [0.5, 0.6) is 0 Å². The normalized spacial score (nSPS) is 19.1. The predicted octanol–water partition coefficient (Wildman–Crippen LogP) is 1.11. The van der Waals surface area contributed by atoms with Gasteiger partial charge in [0, 0.05) is 39.6 Å². The van der Waals surface area contributed by atoms with E-state index in [-0.39, 0.29) is 11.9 Å². The number of hydrogen-bond donors (Lipinski definition) is 1. The third kappa shape index (κ3) is 4.33. The van der Waals surface area contributed by atoms with Crippen molar-refractivity contribution in [2.75, 3.05) is 39.8 Å². The molecule has 1 aliphatic rings. The van der Waals surface area contributed by atoms with E-state index < -0.39 is 0 Å². The predicted molar refractivity (Wildman–Crippen MR) is 76.9 cm³/mol. The van der Waals surface area contributed by atoms with E-state index in [9.17, 15) is 4.79 Å². The molecule has 1 aromatic carbocycles. The van der Waals surface area contributed by atoms with Crippen LogP contribution in [0.1, 0.15) is 18.5 Å². The van der Waals surface area contributed by atoms with Crippen molar-refractivity contribution < 1.29 is 4.79 Å². The second kappa shape index (κ2) is 6.68. The Morgan fingerprint density at radius 1 is 1.21 bits per heavy atom. The SMILES string of the molecule is CC(=O)N[C@H](CN1CCN(C)CC1)c1ccccc1. The zero-order chi connectivity index (χ0) is 13.7. The van der Waals surface area contributed by atoms with E-state index in [0.717, 1.165) is 32.7 Å². The van der Waals surface area contributed by atoms with Crippen molar-refractivity contribution >= 4 is 5.91 Å². The van der Waals surface area contributed by atoms with Gasteiger partial charge in [-0.2, -0.15) is 0 Å². The Hall–Kier alpha value is -1.39. The number of likely N-dealkylation sites (N-methyl/N-ethyl adjacent to an activating group) is 1. The van der Waals surface area contributed by atoms with Gasteiger partial charge in [0.15, 0.2) is 0 Å². The molecule has 104 valence electrons. The highest BCUT2D eigenvalue weighted by molar-refractivity contribution is 5.73. The molecule has 1 aliphatic heterocycles. The lowest BCUT2D eigenvalue weighted by atomic mass is 10.1. The number of benzene rings is 1. The zero-order valence-corrected chi connectivity index (χ0v) is 11.8. The minimum absolute atomic E-state index is 0.0305. The van der Waals surface area contributed by atoms with Crippen LogP contribution >= 0.6 is 0 Å². The molecule has 1 heterocycles. The van der Waals surface area contributed by atoms with Crippen LogP contribution in [0, 0.1) is 0 Å². The van der Waals surface area contributed by atoms with Gasteiger partial charge in [0.05, 0.1) is 6.04 Å². The van der Waals surface area contributed by atoms with E-state index in [0.29, 0.717) is 0 Å². The van der Waals surface area contributed by atoms with E-state index in [1.165, 1.54) is 5.56 Å².